The van der Waals surface area contributed by atoms with Crippen LogP contribution in [0.25, 0.3) is 10.6 Å². The summed E-state index contributed by atoms with van der Waals surface area (Å²) in [7, 11) is 1.72. The fraction of sp³-hybridized carbons (Fsp3) is 0.500. The topological polar surface area (TPSA) is 117 Å². The molecule has 5 rings (SSSR count). The van der Waals surface area contributed by atoms with Crippen molar-refractivity contribution in [3.8, 4) is 16.3 Å². The third-order valence-corrected chi connectivity index (χ3v) is 7.37. The van der Waals surface area contributed by atoms with E-state index in [0.29, 0.717) is 43.9 Å². The molecule has 13 heteroatoms. The van der Waals surface area contributed by atoms with E-state index in [1.807, 2.05) is 0 Å². The molecular weight excluding hydrogens is 511 g/mol. The molecule has 3 aromatic rings. The number of thiazole rings is 1. The van der Waals surface area contributed by atoms with Gasteiger partial charge in [0.25, 0.3) is 0 Å². The molecule has 2 aliphatic rings. The fourth-order valence-electron chi connectivity index (χ4n) is 4.46. The molecule has 4 heterocycles. The van der Waals surface area contributed by atoms with E-state index in [4.69, 9.17) is 19.9 Å². The Labute approximate surface area is 215 Å². The van der Waals surface area contributed by atoms with Crippen molar-refractivity contribution in [3.05, 3.63) is 46.7 Å². The lowest BCUT2D eigenvalue weighted by atomic mass is 10.0. The Bertz CT molecular complexity index is 1200. The standard InChI is InChI=1S/C24H28F3N5O4S/c1-32-22(20-3-2-17(28)16(27)10-35-20)18(8-29-32)30-23(33)19-11-37-24(31-19)21-14(25)6-13(7-15(21)26)36-12-4-5-34-9-12/h6-8,11-12,16-17,20,23,30,33H,2-5,9-10,28H2,1H3/t12-,16+,17+,20-,23?/m0/s1. The number of nitrogens with two attached hydrogens (primary N) is 1. The Morgan fingerprint density at radius 1 is 1.24 bits per heavy atom. The summed E-state index contributed by atoms with van der Waals surface area (Å²) >= 11 is 0.996. The Morgan fingerprint density at radius 2 is 2.03 bits per heavy atom. The van der Waals surface area contributed by atoms with E-state index in [-0.39, 0.29) is 34.7 Å². The van der Waals surface area contributed by atoms with Crippen LogP contribution in [0.2, 0.25) is 0 Å². The fourth-order valence-corrected chi connectivity index (χ4v) is 5.35. The lowest BCUT2D eigenvalue weighted by Gasteiger charge is -2.19. The van der Waals surface area contributed by atoms with E-state index < -0.39 is 36.2 Å². The summed E-state index contributed by atoms with van der Waals surface area (Å²) in [4.78, 5) is 4.26. The first-order chi connectivity index (χ1) is 17.8. The predicted molar refractivity (Wildman–Crippen MR) is 130 cm³/mol. The van der Waals surface area contributed by atoms with Crippen molar-refractivity contribution in [3.63, 3.8) is 0 Å². The summed E-state index contributed by atoms with van der Waals surface area (Å²) in [5.74, 6) is -1.55. The lowest BCUT2D eigenvalue weighted by molar-refractivity contribution is 0.0246. The second-order valence-corrected chi connectivity index (χ2v) is 9.99. The van der Waals surface area contributed by atoms with Crippen molar-refractivity contribution in [2.75, 3.05) is 25.1 Å². The minimum Gasteiger partial charge on any atom is -0.488 e. The smallest absolute Gasteiger partial charge is 0.169 e. The van der Waals surface area contributed by atoms with E-state index in [0.717, 1.165) is 23.5 Å². The molecule has 1 aromatic carbocycles. The summed E-state index contributed by atoms with van der Waals surface area (Å²) in [6.07, 6.45) is -0.185. The lowest BCUT2D eigenvalue weighted by Crippen LogP contribution is -2.32. The third-order valence-electron chi connectivity index (χ3n) is 6.49. The van der Waals surface area contributed by atoms with E-state index in [1.54, 1.807) is 11.7 Å². The molecule has 37 heavy (non-hydrogen) atoms. The van der Waals surface area contributed by atoms with Gasteiger partial charge >= 0.3 is 0 Å². The quantitative estimate of drug-likeness (QED) is 0.390. The summed E-state index contributed by atoms with van der Waals surface area (Å²) in [6.45, 7) is 0.789. The number of hydrogen-bond donors (Lipinski definition) is 3. The van der Waals surface area contributed by atoms with Gasteiger partial charge in [-0.1, -0.05) is 0 Å². The molecule has 1 unspecified atom stereocenters. The molecular formula is C24H28F3N5O4S. The number of aryl methyl sites for hydroxylation is 1. The number of alkyl halides is 1. The number of halogens is 3. The number of aliphatic hydroxyl groups excluding tert-OH is 1. The monoisotopic (exact) mass is 539 g/mol. The van der Waals surface area contributed by atoms with Crippen molar-refractivity contribution in [2.24, 2.45) is 12.8 Å². The van der Waals surface area contributed by atoms with E-state index in [1.165, 1.54) is 11.6 Å². The highest BCUT2D eigenvalue weighted by Crippen LogP contribution is 2.36. The molecule has 2 fully saturated rings. The van der Waals surface area contributed by atoms with Crippen LogP contribution < -0.4 is 15.8 Å². The molecule has 2 aromatic heterocycles. The first-order valence-corrected chi connectivity index (χ1v) is 12.8. The number of nitrogens with zero attached hydrogens (tertiary/aromatic N) is 3. The molecule has 9 nitrogen and oxygen atoms in total. The minimum absolute atomic E-state index is 0.0723. The maximum atomic E-state index is 14.9. The summed E-state index contributed by atoms with van der Waals surface area (Å²) in [6, 6.07) is 1.64. The number of ether oxygens (including phenoxy) is 3. The molecule has 4 N–H and O–H groups in total. The number of hydrogen-bond acceptors (Lipinski definition) is 9. The second-order valence-electron chi connectivity index (χ2n) is 9.14. The van der Waals surface area contributed by atoms with Gasteiger partial charge in [0.1, 0.15) is 46.5 Å². The van der Waals surface area contributed by atoms with Gasteiger partial charge in [0.2, 0.25) is 0 Å². The molecule has 0 bridgehead atoms. The van der Waals surface area contributed by atoms with E-state index >= 15 is 0 Å². The van der Waals surface area contributed by atoms with E-state index in [9.17, 15) is 18.3 Å². The van der Waals surface area contributed by atoms with Gasteiger partial charge in [-0.05, 0) is 12.8 Å². The number of nitrogens with one attached hydrogen (secondary N) is 1. The van der Waals surface area contributed by atoms with Gasteiger partial charge in [0.05, 0.1) is 43.0 Å². The van der Waals surface area contributed by atoms with E-state index in [2.05, 4.69) is 15.4 Å². The zero-order chi connectivity index (χ0) is 26.1. The average molecular weight is 540 g/mol. The number of benzene rings is 1. The Kier molecular flexibility index (Phi) is 7.67. The Hall–Kier alpha value is -2.71. The van der Waals surface area contributed by atoms with Crippen molar-refractivity contribution in [1.29, 1.82) is 0 Å². The molecule has 0 aliphatic carbocycles. The van der Waals surface area contributed by atoms with Crippen LogP contribution in [-0.4, -0.2) is 58.0 Å². The number of aromatic nitrogens is 3. The maximum Gasteiger partial charge on any atom is 0.169 e. The van der Waals surface area contributed by atoms with Gasteiger partial charge in [-0.25, -0.2) is 18.2 Å². The Morgan fingerprint density at radius 3 is 2.76 bits per heavy atom. The highest BCUT2D eigenvalue weighted by Gasteiger charge is 2.30. The van der Waals surface area contributed by atoms with Crippen molar-refractivity contribution < 1.29 is 32.5 Å². The molecule has 0 radical (unpaired) electrons. The molecule has 200 valence electrons. The molecule has 0 spiro atoms. The van der Waals surface area contributed by atoms with Crippen LogP contribution >= 0.6 is 11.3 Å². The van der Waals surface area contributed by atoms with Crippen molar-refractivity contribution in [1.82, 2.24) is 14.8 Å². The minimum atomic E-state index is -1.30. The molecule has 2 saturated heterocycles. The van der Waals surface area contributed by atoms with Gasteiger partial charge in [0, 0.05) is 37.0 Å². The highest BCUT2D eigenvalue weighted by atomic mass is 32.1. The maximum absolute atomic E-state index is 14.9. The first-order valence-electron chi connectivity index (χ1n) is 12.0. The molecule has 0 amide bonds. The summed E-state index contributed by atoms with van der Waals surface area (Å²) < 4.78 is 61.8. The van der Waals surface area contributed by atoms with Crippen LogP contribution in [0, 0.1) is 11.6 Å². The molecule has 0 saturated carbocycles. The van der Waals surface area contributed by atoms with Gasteiger partial charge in [-0.3, -0.25) is 4.68 Å². The van der Waals surface area contributed by atoms with Crippen LogP contribution in [0.3, 0.4) is 0 Å². The number of aliphatic hydroxyl groups is 1. The van der Waals surface area contributed by atoms with Gasteiger partial charge < -0.3 is 30.4 Å². The Balaban J connectivity index is 1.31. The zero-order valence-electron chi connectivity index (χ0n) is 20.1. The normalized spacial score (nSPS) is 25.1. The first kappa shape index (κ1) is 25.9. The van der Waals surface area contributed by atoms with Crippen LogP contribution in [0.4, 0.5) is 18.9 Å². The van der Waals surface area contributed by atoms with Crippen LogP contribution in [0.5, 0.6) is 5.75 Å². The average Bonchev–Trinajstić information content (AvgIpc) is 3.59. The second kappa shape index (κ2) is 11.0. The van der Waals surface area contributed by atoms with Crippen molar-refractivity contribution >= 4 is 17.0 Å². The van der Waals surface area contributed by atoms with Gasteiger partial charge in [0.15, 0.2) is 6.23 Å². The predicted octanol–water partition coefficient (Wildman–Crippen LogP) is 3.61. The summed E-state index contributed by atoms with van der Waals surface area (Å²) in [5, 5.41) is 19.5. The zero-order valence-corrected chi connectivity index (χ0v) is 20.9. The van der Waals surface area contributed by atoms with Crippen LogP contribution in [0.15, 0.2) is 23.7 Å². The van der Waals surface area contributed by atoms with Crippen LogP contribution in [-0.2, 0) is 16.5 Å². The SMILES string of the molecule is Cn1ncc(NC(O)c2csc(-c3c(F)cc(O[C@H]4CCOC4)cc3F)n2)c1[C@@H]1CC[C@@H](N)[C@H](F)CO1. The molecule has 5 atom stereocenters. The number of rotatable bonds is 7. The number of anilines is 1. The highest BCUT2D eigenvalue weighted by molar-refractivity contribution is 7.13. The molecule has 2 aliphatic heterocycles. The third kappa shape index (κ3) is 5.60. The van der Waals surface area contributed by atoms with Crippen molar-refractivity contribution in [2.45, 2.75) is 49.9 Å². The van der Waals surface area contributed by atoms with Gasteiger partial charge in [-0.15, -0.1) is 11.3 Å². The summed E-state index contributed by atoms with van der Waals surface area (Å²) in [5.41, 5.74) is 6.80. The van der Waals surface area contributed by atoms with Crippen LogP contribution in [0.1, 0.15) is 43.0 Å². The van der Waals surface area contributed by atoms with Gasteiger partial charge in [-0.2, -0.15) is 5.10 Å². The largest absolute Gasteiger partial charge is 0.488 e.